The Labute approximate surface area is 117 Å². The fourth-order valence-electron chi connectivity index (χ4n) is 2.16. The summed E-state index contributed by atoms with van der Waals surface area (Å²) in [5.41, 5.74) is 3.14. The number of amides is 1. The fraction of sp³-hybridized carbons (Fsp3) is 0.250. The molecule has 102 valence electrons. The SMILES string of the molecule is CC(C)c1ccc(-c2ccc3c(n2)NC(=O)CO3)cc1. The number of hydrogen-bond donors (Lipinski definition) is 1. The van der Waals surface area contributed by atoms with Crippen molar-refractivity contribution >= 4 is 11.7 Å². The summed E-state index contributed by atoms with van der Waals surface area (Å²) in [7, 11) is 0. The third kappa shape index (κ3) is 2.37. The number of ether oxygens (including phenoxy) is 1. The Morgan fingerprint density at radius 1 is 1.15 bits per heavy atom. The normalized spacial score (nSPS) is 13.7. The minimum absolute atomic E-state index is 0.0527. The van der Waals surface area contributed by atoms with Crippen LogP contribution in [0.2, 0.25) is 0 Å². The summed E-state index contributed by atoms with van der Waals surface area (Å²) in [4.78, 5) is 15.8. The lowest BCUT2D eigenvalue weighted by atomic mass is 10.0. The van der Waals surface area contributed by atoms with E-state index in [1.54, 1.807) is 0 Å². The van der Waals surface area contributed by atoms with Gasteiger partial charge in [-0.05, 0) is 23.6 Å². The van der Waals surface area contributed by atoms with Crippen molar-refractivity contribution in [2.45, 2.75) is 19.8 Å². The third-order valence-corrected chi connectivity index (χ3v) is 3.35. The molecule has 0 fully saturated rings. The molecule has 1 aliphatic heterocycles. The molecule has 1 aliphatic rings. The van der Waals surface area contributed by atoms with E-state index in [9.17, 15) is 4.79 Å². The van der Waals surface area contributed by atoms with Crippen molar-refractivity contribution in [1.29, 1.82) is 0 Å². The highest BCUT2D eigenvalue weighted by molar-refractivity contribution is 5.94. The van der Waals surface area contributed by atoms with Crippen LogP contribution in [0.4, 0.5) is 5.82 Å². The van der Waals surface area contributed by atoms with Gasteiger partial charge in [0, 0.05) is 5.56 Å². The molecule has 0 saturated carbocycles. The zero-order valence-corrected chi connectivity index (χ0v) is 11.5. The standard InChI is InChI=1S/C16H16N2O2/c1-10(2)11-3-5-12(6-4-11)13-7-8-14-16(17-13)18-15(19)9-20-14/h3-8,10H,9H2,1-2H3,(H,17,18,19). The van der Waals surface area contributed by atoms with Gasteiger partial charge in [-0.3, -0.25) is 4.79 Å². The van der Waals surface area contributed by atoms with Crippen LogP contribution in [-0.2, 0) is 4.79 Å². The third-order valence-electron chi connectivity index (χ3n) is 3.35. The van der Waals surface area contributed by atoms with Crippen molar-refractivity contribution in [3.8, 4) is 17.0 Å². The van der Waals surface area contributed by atoms with Crippen LogP contribution in [0.25, 0.3) is 11.3 Å². The molecule has 20 heavy (non-hydrogen) atoms. The molecule has 0 unspecified atom stereocenters. The van der Waals surface area contributed by atoms with Crippen molar-refractivity contribution in [1.82, 2.24) is 4.98 Å². The Kier molecular flexibility index (Phi) is 3.14. The number of aromatic nitrogens is 1. The van der Waals surface area contributed by atoms with Gasteiger partial charge in [-0.2, -0.15) is 0 Å². The van der Waals surface area contributed by atoms with Gasteiger partial charge >= 0.3 is 0 Å². The van der Waals surface area contributed by atoms with Crippen LogP contribution in [-0.4, -0.2) is 17.5 Å². The maximum absolute atomic E-state index is 11.3. The molecule has 4 heteroatoms. The number of anilines is 1. The van der Waals surface area contributed by atoms with Gasteiger partial charge < -0.3 is 10.1 Å². The summed E-state index contributed by atoms with van der Waals surface area (Å²) in [6.45, 7) is 4.38. The van der Waals surface area contributed by atoms with Crippen LogP contribution < -0.4 is 10.1 Å². The molecule has 0 atom stereocenters. The summed E-state index contributed by atoms with van der Waals surface area (Å²) in [5.74, 6) is 1.45. The molecule has 1 amide bonds. The molecule has 2 heterocycles. The Morgan fingerprint density at radius 3 is 2.60 bits per heavy atom. The number of nitrogens with zero attached hydrogens (tertiary/aromatic N) is 1. The van der Waals surface area contributed by atoms with Crippen molar-refractivity contribution < 1.29 is 9.53 Å². The second-order valence-corrected chi connectivity index (χ2v) is 5.16. The number of carbonyl (C=O) groups is 1. The Morgan fingerprint density at radius 2 is 1.90 bits per heavy atom. The van der Waals surface area contributed by atoms with E-state index in [1.807, 2.05) is 12.1 Å². The maximum atomic E-state index is 11.3. The molecule has 0 bridgehead atoms. The Bertz CT molecular complexity index is 648. The van der Waals surface area contributed by atoms with E-state index in [2.05, 4.69) is 48.4 Å². The van der Waals surface area contributed by atoms with Gasteiger partial charge in [0.1, 0.15) is 0 Å². The number of rotatable bonds is 2. The molecular weight excluding hydrogens is 252 g/mol. The highest BCUT2D eigenvalue weighted by Crippen LogP contribution is 2.29. The average molecular weight is 268 g/mol. The molecule has 0 radical (unpaired) electrons. The van der Waals surface area contributed by atoms with Crippen LogP contribution in [0, 0.1) is 0 Å². The fourth-order valence-corrected chi connectivity index (χ4v) is 2.16. The molecule has 0 aliphatic carbocycles. The topological polar surface area (TPSA) is 51.2 Å². The van der Waals surface area contributed by atoms with E-state index in [4.69, 9.17) is 4.74 Å². The van der Waals surface area contributed by atoms with Crippen LogP contribution in [0.3, 0.4) is 0 Å². The van der Waals surface area contributed by atoms with Crippen LogP contribution >= 0.6 is 0 Å². The quantitative estimate of drug-likeness (QED) is 0.910. The minimum atomic E-state index is -0.169. The van der Waals surface area contributed by atoms with Crippen molar-refractivity contribution in [2.75, 3.05) is 11.9 Å². The van der Waals surface area contributed by atoms with E-state index >= 15 is 0 Å². The lowest BCUT2D eigenvalue weighted by molar-refractivity contribution is -0.118. The first-order valence-corrected chi connectivity index (χ1v) is 6.67. The molecule has 0 saturated heterocycles. The molecule has 4 nitrogen and oxygen atoms in total. The van der Waals surface area contributed by atoms with Crippen molar-refractivity contribution in [3.05, 3.63) is 42.0 Å². The van der Waals surface area contributed by atoms with E-state index < -0.39 is 0 Å². The van der Waals surface area contributed by atoms with Gasteiger partial charge in [0.15, 0.2) is 18.2 Å². The molecule has 3 rings (SSSR count). The van der Waals surface area contributed by atoms with Crippen molar-refractivity contribution in [3.63, 3.8) is 0 Å². The molecule has 2 aromatic rings. The number of nitrogens with one attached hydrogen (secondary N) is 1. The molecule has 1 N–H and O–H groups in total. The number of hydrogen-bond acceptors (Lipinski definition) is 3. The first-order chi connectivity index (χ1) is 9.63. The highest BCUT2D eigenvalue weighted by atomic mass is 16.5. The molecule has 0 spiro atoms. The lowest BCUT2D eigenvalue weighted by Crippen LogP contribution is -2.26. The Balaban J connectivity index is 1.94. The summed E-state index contributed by atoms with van der Waals surface area (Å²) in [5, 5.41) is 2.72. The maximum Gasteiger partial charge on any atom is 0.263 e. The summed E-state index contributed by atoms with van der Waals surface area (Å²) < 4.78 is 5.30. The lowest BCUT2D eigenvalue weighted by Gasteiger charge is -2.17. The van der Waals surface area contributed by atoms with Gasteiger partial charge in [-0.25, -0.2) is 4.98 Å². The van der Waals surface area contributed by atoms with E-state index in [0.29, 0.717) is 17.5 Å². The smallest absolute Gasteiger partial charge is 0.263 e. The van der Waals surface area contributed by atoms with Gasteiger partial charge in [-0.1, -0.05) is 38.1 Å². The van der Waals surface area contributed by atoms with Crippen LogP contribution in [0.15, 0.2) is 36.4 Å². The number of benzene rings is 1. The second kappa shape index (κ2) is 4.96. The zero-order chi connectivity index (χ0) is 14.1. The molecule has 1 aromatic heterocycles. The van der Waals surface area contributed by atoms with Gasteiger partial charge in [0.25, 0.3) is 5.91 Å². The van der Waals surface area contributed by atoms with E-state index in [-0.39, 0.29) is 12.5 Å². The predicted octanol–water partition coefficient (Wildman–Crippen LogP) is 3.20. The highest BCUT2D eigenvalue weighted by Gasteiger charge is 2.17. The second-order valence-electron chi connectivity index (χ2n) is 5.16. The van der Waals surface area contributed by atoms with E-state index in [0.717, 1.165) is 11.3 Å². The predicted molar refractivity (Wildman–Crippen MR) is 77.9 cm³/mol. The van der Waals surface area contributed by atoms with Crippen LogP contribution in [0.5, 0.6) is 5.75 Å². The first-order valence-electron chi connectivity index (χ1n) is 6.67. The number of fused-ring (bicyclic) bond motifs is 1. The summed E-state index contributed by atoms with van der Waals surface area (Å²) in [6, 6.07) is 12.1. The van der Waals surface area contributed by atoms with Gasteiger partial charge in [0.05, 0.1) is 5.69 Å². The monoisotopic (exact) mass is 268 g/mol. The minimum Gasteiger partial charge on any atom is -0.480 e. The largest absolute Gasteiger partial charge is 0.480 e. The number of carbonyl (C=O) groups excluding carboxylic acids is 1. The molecular formula is C16H16N2O2. The van der Waals surface area contributed by atoms with Gasteiger partial charge in [-0.15, -0.1) is 0 Å². The van der Waals surface area contributed by atoms with E-state index in [1.165, 1.54) is 5.56 Å². The zero-order valence-electron chi connectivity index (χ0n) is 11.5. The summed E-state index contributed by atoms with van der Waals surface area (Å²) in [6.07, 6.45) is 0. The summed E-state index contributed by atoms with van der Waals surface area (Å²) >= 11 is 0. The first kappa shape index (κ1) is 12.7. The van der Waals surface area contributed by atoms with Crippen molar-refractivity contribution in [2.24, 2.45) is 0 Å². The van der Waals surface area contributed by atoms with Gasteiger partial charge in [0.2, 0.25) is 0 Å². The average Bonchev–Trinajstić information content (AvgIpc) is 2.46. The van der Waals surface area contributed by atoms with Crippen LogP contribution in [0.1, 0.15) is 25.3 Å². The number of pyridine rings is 1. The molecule has 1 aromatic carbocycles. The Hall–Kier alpha value is -2.36.